The summed E-state index contributed by atoms with van der Waals surface area (Å²) in [5.74, 6) is 0.192. The van der Waals surface area contributed by atoms with Gasteiger partial charge in [-0.25, -0.2) is 0 Å². The second-order valence-corrected chi connectivity index (χ2v) is 6.49. The molecule has 4 heteroatoms. The number of hydrogen-bond acceptors (Lipinski definition) is 2. The molecule has 0 radical (unpaired) electrons. The summed E-state index contributed by atoms with van der Waals surface area (Å²) < 4.78 is 1.18. The van der Waals surface area contributed by atoms with Crippen LogP contribution in [0.15, 0.2) is 24.3 Å². The molecule has 1 aliphatic heterocycles. The molecule has 3 nitrogen and oxygen atoms in total. The van der Waals surface area contributed by atoms with Crippen LogP contribution in [-0.4, -0.2) is 19.0 Å². The van der Waals surface area contributed by atoms with Crippen LogP contribution in [0.5, 0.6) is 0 Å². The minimum atomic E-state index is -0.178. The lowest BCUT2D eigenvalue weighted by Gasteiger charge is -2.36. The lowest BCUT2D eigenvalue weighted by Crippen LogP contribution is -2.44. The van der Waals surface area contributed by atoms with E-state index in [0.717, 1.165) is 44.5 Å². The number of carbonyl (C=O) groups is 1. The number of nitrogens with one attached hydrogen (secondary N) is 2. The smallest absolute Gasteiger partial charge is 0.230 e. The van der Waals surface area contributed by atoms with Gasteiger partial charge in [0.1, 0.15) is 0 Å². The Morgan fingerprint density at radius 1 is 1.32 bits per heavy atom. The number of carbonyl (C=O) groups excluding carboxylic acids is 1. The van der Waals surface area contributed by atoms with Crippen molar-refractivity contribution in [3.63, 3.8) is 0 Å². The number of benzene rings is 1. The summed E-state index contributed by atoms with van der Waals surface area (Å²) in [6, 6.07) is 7.98. The SMILES string of the molecule is CCCC1(C(=O)Nc2ccc(I)cc2)CCNCC1. The predicted octanol–water partition coefficient (Wildman–Crippen LogP) is 3.40. The molecule has 0 aromatic heterocycles. The van der Waals surface area contributed by atoms with Gasteiger partial charge in [0.15, 0.2) is 0 Å². The fraction of sp³-hybridized carbons (Fsp3) is 0.533. The summed E-state index contributed by atoms with van der Waals surface area (Å²) in [7, 11) is 0. The average Bonchev–Trinajstić information content (AvgIpc) is 2.43. The number of rotatable bonds is 4. The highest BCUT2D eigenvalue weighted by atomic mass is 127. The third-order valence-corrected chi connectivity index (χ3v) is 4.59. The van der Waals surface area contributed by atoms with E-state index < -0.39 is 0 Å². The van der Waals surface area contributed by atoms with Crippen LogP contribution in [0.3, 0.4) is 0 Å². The first-order chi connectivity index (χ1) is 9.16. The van der Waals surface area contributed by atoms with Gasteiger partial charge in [-0.3, -0.25) is 4.79 Å². The fourth-order valence-electron chi connectivity index (χ4n) is 2.77. The maximum Gasteiger partial charge on any atom is 0.230 e. The lowest BCUT2D eigenvalue weighted by atomic mass is 9.74. The van der Waals surface area contributed by atoms with Crippen molar-refractivity contribution < 1.29 is 4.79 Å². The van der Waals surface area contributed by atoms with Crippen LogP contribution in [0.1, 0.15) is 32.6 Å². The summed E-state index contributed by atoms with van der Waals surface area (Å²) in [6.07, 6.45) is 3.92. The number of amides is 1. The zero-order valence-corrected chi connectivity index (χ0v) is 13.5. The molecular weight excluding hydrogens is 351 g/mol. The van der Waals surface area contributed by atoms with E-state index in [-0.39, 0.29) is 11.3 Å². The van der Waals surface area contributed by atoms with Crippen molar-refractivity contribution in [2.24, 2.45) is 5.41 Å². The molecule has 1 fully saturated rings. The molecule has 0 saturated carbocycles. The molecule has 0 bridgehead atoms. The van der Waals surface area contributed by atoms with E-state index in [1.807, 2.05) is 24.3 Å². The highest BCUT2D eigenvalue weighted by molar-refractivity contribution is 14.1. The maximum absolute atomic E-state index is 12.6. The van der Waals surface area contributed by atoms with Crippen LogP contribution in [0, 0.1) is 8.99 Å². The Bertz CT molecular complexity index is 419. The summed E-state index contributed by atoms with van der Waals surface area (Å²) >= 11 is 2.27. The summed E-state index contributed by atoms with van der Waals surface area (Å²) in [4.78, 5) is 12.6. The number of hydrogen-bond donors (Lipinski definition) is 2. The van der Waals surface area contributed by atoms with E-state index in [9.17, 15) is 4.79 Å². The summed E-state index contributed by atoms with van der Waals surface area (Å²) in [5.41, 5.74) is 0.725. The molecule has 0 aliphatic carbocycles. The number of halogens is 1. The summed E-state index contributed by atoms with van der Waals surface area (Å²) in [6.45, 7) is 4.04. The minimum Gasteiger partial charge on any atom is -0.326 e. The summed E-state index contributed by atoms with van der Waals surface area (Å²) in [5, 5.41) is 6.44. The normalized spacial score (nSPS) is 18.0. The van der Waals surface area contributed by atoms with Crippen LogP contribution in [0.25, 0.3) is 0 Å². The van der Waals surface area contributed by atoms with Crippen molar-refractivity contribution in [1.29, 1.82) is 0 Å². The number of anilines is 1. The second-order valence-electron chi connectivity index (χ2n) is 5.24. The molecule has 1 heterocycles. The first kappa shape index (κ1) is 14.8. The van der Waals surface area contributed by atoms with E-state index in [1.165, 1.54) is 3.57 Å². The van der Waals surface area contributed by atoms with Gasteiger partial charge in [0.05, 0.1) is 5.41 Å². The van der Waals surface area contributed by atoms with E-state index in [0.29, 0.717) is 0 Å². The second kappa shape index (κ2) is 6.70. The van der Waals surface area contributed by atoms with E-state index >= 15 is 0 Å². The quantitative estimate of drug-likeness (QED) is 0.796. The zero-order chi connectivity index (χ0) is 13.7. The Labute approximate surface area is 128 Å². The van der Waals surface area contributed by atoms with Gasteiger partial charge < -0.3 is 10.6 Å². The predicted molar refractivity (Wildman–Crippen MR) is 87.2 cm³/mol. The van der Waals surface area contributed by atoms with Crippen molar-refractivity contribution in [3.8, 4) is 0 Å². The van der Waals surface area contributed by atoms with Gasteiger partial charge in [0.25, 0.3) is 0 Å². The van der Waals surface area contributed by atoms with Crippen molar-refractivity contribution >= 4 is 34.2 Å². The standard InChI is InChI=1S/C15H21IN2O/c1-2-7-15(8-10-17-11-9-15)14(19)18-13-5-3-12(16)4-6-13/h3-6,17H,2,7-11H2,1H3,(H,18,19). The maximum atomic E-state index is 12.6. The van der Waals surface area contributed by atoms with Crippen molar-refractivity contribution in [2.75, 3.05) is 18.4 Å². The van der Waals surface area contributed by atoms with Gasteiger partial charge in [-0.2, -0.15) is 0 Å². The molecule has 0 spiro atoms. The van der Waals surface area contributed by atoms with Gasteiger partial charge >= 0.3 is 0 Å². The molecule has 2 rings (SSSR count). The fourth-order valence-corrected chi connectivity index (χ4v) is 3.13. The molecule has 0 unspecified atom stereocenters. The largest absolute Gasteiger partial charge is 0.326 e. The molecule has 19 heavy (non-hydrogen) atoms. The Balaban J connectivity index is 2.09. The first-order valence-electron chi connectivity index (χ1n) is 6.94. The van der Waals surface area contributed by atoms with Gasteiger partial charge in [0.2, 0.25) is 5.91 Å². The first-order valence-corrected chi connectivity index (χ1v) is 8.02. The molecule has 104 valence electrons. The van der Waals surface area contributed by atoms with Gasteiger partial charge in [-0.1, -0.05) is 13.3 Å². The van der Waals surface area contributed by atoms with Gasteiger partial charge in [0, 0.05) is 9.26 Å². The van der Waals surface area contributed by atoms with Crippen LogP contribution in [-0.2, 0) is 4.79 Å². The molecule has 1 amide bonds. The van der Waals surface area contributed by atoms with Crippen LogP contribution in [0.2, 0.25) is 0 Å². The van der Waals surface area contributed by atoms with Crippen LogP contribution in [0.4, 0.5) is 5.69 Å². The third kappa shape index (κ3) is 3.69. The van der Waals surface area contributed by atoms with E-state index in [2.05, 4.69) is 40.1 Å². The van der Waals surface area contributed by atoms with Crippen LogP contribution < -0.4 is 10.6 Å². The molecular formula is C15H21IN2O. The Hall–Kier alpha value is -0.620. The molecule has 0 atom stereocenters. The van der Waals surface area contributed by atoms with Crippen molar-refractivity contribution in [1.82, 2.24) is 5.32 Å². The molecule has 1 aromatic carbocycles. The van der Waals surface area contributed by atoms with Crippen molar-refractivity contribution in [2.45, 2.75) is 32.6 Å². The van der Waals surface area contributed by atoms with Crippen molar-refractivity contribution in [3.05, 3.63) is 27.8 Å². The highest BCUT2D eigenvalue weighted by Crippen LogP contribution is 2.35. The Kier molecular flexibility index (Phi) is 5.21. The van der Waals surface area contributed by atoms with Gasteiger partial charge in [-0.15, -0.1) is 0 Å². The Morgan fingerprint density at radius 2 is 1.95 bits per heavy atom. The molecule has 1 aliphatic rings. The van der Waals surface area contributed by atoms with E-state index in [1.54, 1.807) is 0 Å². The van der Waals surface area contributed by atoms with Crippen LogP contribution >= 0.6 is 22.6 Å². The molecule has 1 aromatic rings. The topological polar surface area (TPSA) is 41.1 Å². The molecule has 2 N–H and O–H groups in total. The van der Waals surface area contributed by atoms with Gasteiger partial charge in [-0.05, 0) is 79.2 Å². The van der Waals surface area contributed by atoms with E-state index in [4.69, 9.17) is 0 Å². The lowest BCUT2D eigenvalue weighted by molar-refractivity contribution is -0.127. The average molecular weight is 372 g/mol. The number of piperidine rings is 1. The Morgan fingerprint density at radius 3 is 2.53 bits per heavy atom. The molecule has 1 saturated heterocycles. The zero-order valence-electron chi connectivity index (χ0n) is 11.3. The third-order valence-electron chi connectivity index (χ3n) is 3.87. The minimum absolute atomic E-state index is 0.178. The highest BCUT2D eigenvalue weighted by Gasteiger charge is 2.38. The monoisotopic (exact) mass is 372 g/mol.